The second kappa shape index (κ2) is 34.8. The number of unbranched alkanes of at least 4 members (excludes halogenated alkanes) is 1. The molecule has 4 aromatic carbocycles. The Balaban J connectivity index is 1.06. The Morgan fingerprint density at radius 2 is 1.26 bits per heavy atom. The molecule has 532 valence electrons. The number of fused-ring (bicyclic) bond motifs is 5. The van der Waals surface area contributed by atoms with E-state index in [1.54, 1.807) is 30.8 Å². The third kappa shape index (κ3) is 19.8. The van der Waals surface area contributed by atoms with E-state index in [-0.39, 0.29) is 74.0 Å². The monoisotopic (exact) mass is 1410 g/mol. The van der Waals surface area contributed by atoms with Gasteiger partial charge in [0.05, 0.1) is 18.4 Å². The molecule has 7 aromatic rings. The normalized spacial score (nSPS) is 23.0. The van der Waals surface area contributed by atoms with Crippen molar-refractivity contribution in [3.63, 3.8) is 0 Å². The molecule has 0 aliphatic carbocycles. The number of carbonyl (C=O) groups excluding carboxylic acids is 9. The first-order chi connectivity index (χ1) is 48.0. The van der Waals surface area contributed by atoms with Crippen molar-refractivity contribution >= 4 is 104 Å². The highest BCUT2D eigenvalue weighted by Crippen LogP contribution is 2.32. The Morgan fingerprint density at radius 3 is 1.87 bits per heavy atom. The molecule has 9 amide bonds. The third-order valence-corrected chi connectivity index (χ3v) is 20.0. The zero-order valence-electron chi connectivity index (χ0n) is 55.6. The number of aromatic nitrogens is 4. The van der Waals surface area contributed by atoms with Crippen molar-refractivity contribution in [2.75, 3.05) is 38.2 Å². The second-order valence-corrected chi connectivity index (χ2v) is 27.5. The number of carbonyl (C=O) groups is 10. The Morgan fingerprint density at radius 1 is 0.670 bits per heavy atom. The number of phenols is 1. The Kier molecular flexibility index (Phi) is 25.9. The van der Waals surface area contributed by atoms with Crippen LogP contribution in [0.5, 0.6) is 5.75 Å². The lowest BCUT2D eigenvalue weighted by molar-refractivity contribution is -0.152. The molecule has 100 heavy (non-hydrogen) atoms. The maximum absolute atomic E-state index is 15.3. The van der Waals surface area contributed by atoms with E-state index in [4.69, 9.17) is 5.73 Å². The number of aliphatic carboxylic acids is 1. The van der Waals surface area contributed by atoms with Gasteiger partial charge in [-0.3, -0.25) is 47.9 Å². The minimum absolute atomic E-state index is 0.0515. The van der Waals surface area contributed by atoms with E-state index in [1.807, 2.05) is 18.2 Å². The molecule has 0 radical (unpaired) electrons. The predicted molar refractivity (Wildman–Crippen MR) is 373 cm³/mol. The summed E-state index contributed by atoms with van der Waals surface area (Å²) in [5.41, 5.74) is 8.69. The van der Waals surface area contributed by atoms with Gasteiger partial charge in [0.2, 0.25) is 53.2 Å². The summed E-state index contributed by atoms with van der Waals surface area (Å²) < 4.78 is 29.9. The zero-order valence-corrected chi connectivity index (χ0v) is 57.3. The summed E-state index contributed by atoms with van der Waals surface area (Å²) in [6.07, 6.45) is 5.20. The first-order valence-corrected chi connectivity index (χ1v) is 35.4. The van der Waals surface area contributed by atoms with Crippen LogP contribution in [0.2, 0.25) is 0 Å². The number of carboxylic acids is 1. The number of benzene rings is 4. The van der Waals surface area contributed by atoms with Crippen LogP contribution in [0.25, 0.3) is 21.8 Å². The van der Waals surface area contributed by atoms with Gasteiger partial charge in [-0.05, 0) is 129 Å². The molecule has 2 aliphatic rings. The number of phenolic OH excluding ortho intramolecular Hbond substituents is 1. The number of nitrogens with one attached hydrogen (secondary N) is 10. The standard InChI is InChI=1S/C70H84F2N14O12S2/c1-40-62(91)81-55(28-44-34-76-52-17-13-46(71)30-50(44)52)64(93)82-56(29-45-35-77-53-18-14-47(72)31-51(45)53)65(94)83-57(33-61(89)90)66(95)84-58(32-48-36-74-39-78-48)67(96)85(3)59(27-41-11-15-49(87)16-12-41)68(97)86-23-7-20-70(86,2)69(98)75-22-25-100-38-43-9-6-8-42(26-43)37-99-24-19-60(88)80-54(63(92)79-40)10-4-5-21-73/h6,8-9,11-18,26,30-31,34-36,39-40,54-59,76-77,87H,4-5,7,10,19-25,27-29,32-33,37-38,73H2,1-3H3,(H,74,78)(H,75,98)(H,79,92)(H,80,88)(H,81,91)(H,82,93)(H,83,94)(H,84,95)(H,89,90)/t40-,54+,55+,56+,57+,58+,59+,70+/m1/s1. The molecule has 9 rings (SSSR count). The molecular formula is C70H84F2N14O12S2. The highest BCUT2D eigenvalue weighted by Gasteiger charge is 2.49. The molecule has 5 heterocycles. The molecule has 2 bridgehead atoms. The van der Waals surface area contributed by atoms with Crippen molar-refractivity contribution in [1.82, 2.24) is 67.0 Å². The molecule has 2 aliphatic heterocycles. The van der Waals surface area contributed by atoms with Crippen molar-refractivity contribution in [2.45, 2.75) is 144 Å². The van der Waals surface area contributed by atoms with E-state index in [1.165, 1.54) is 104 Å². The number of amides is 9. The topological polar surface area (TPSA) is 388 Å². The maximum atomic E-state index is 15.3. The summed E-state index contributed by atoms with van der Waals surface area (Å²) in [4.78, 5) is 161. The number of H-pyrrole nitrogens is 3. The number of nitrogens with zero attached hydrogens (tertiary/aromatic N) is 3. The quantitative estimate of drug-likeness (QED) is 0.0683. The average molecular weight is 1420 g/mol. The second-order valence-electron chi connectivity index (χ2n) is 25.3. The summed E-state index contributed by atoms with van der Waals surface area (Å²) in [6, 6.07) is 10.7. The maximum Gasteiger partial charge on any atom is 0.305 e. The highest BCUT2D eigenvalue weighted by molar-refractivity contribution is 7.98. The molecule has 8 atom stereocenters. The van der Waals surface area contributed by atoms with Gasteiger partial charge in [0.15, 0.2) is 0 Å². The number of aromatic hydroxyl groups is 1. The molecule has 0 spiro atoms. The number of nitrogens with two attached hydrogens (primary N) is 1. The number of hydrogen-bond donors (Lipinski definition) is 13. The average Bonchev–Trinajstić information content (AvgIpc) is 1.60. The van der Waals surface area contributed by atoms with Crippen molar-refractivity contribution in [1.29, 1.82) is 0 Å². The first kappa shape index (κ1) is 74.4. The predicted octanol–water partition coefficient (Wildman–Crippen LogP) is 4.05. The number of carboxylic acid groups (broad SMARTS) is 1. The molecule has 0 unspecified atom stereocenters. The number of likely N-dealkylation sites (N-methyl/N-ethyl adjacent to an activating group) is 1. The van der Waals surface area contributed by atoms with Gasteiger partial charge in [0, 0.05) is 116 Å². The van der Waals surface area contributed by atoms with Crippen LogP contribution in [-0.2, 0) is 85.1 Å². The fourth-order valence-corrected chi connectivity index (χ4v) is 14.1. The molecule has 1 saturated heterocycles. The molecule has 1 fully saturated rings. The molecule has 30 heteroatoms. The fraction of sp³-hybridized carbons (Fsp3) is 0.414. The lowest BCUT2D eigenvalue weighted by Gasteiger charge is -2.39. The minimum Gasteiger partial charge on any atom is -0.508 e. The molecule has 26 nitrogen and oxygen atoms in total. The van der Waals surface area contributed by atoms with E-state index in [0.717, 1.165) is 16.0 Å². The van der Waals surface area contributed by atoms with Crippen LogP contribution in [-0.4, -0.2) is 185 Å². The highest BCUT2D eigenvalue weighted by atomic mass is 32.2. The van der Waals surface area contributed by atoms with E-state index >= 15 is 19.2 Å². The van der Waals surface area contributed by atoms with E-state index < -0.39 is 131 Å². The summed E-state index contributed by atoms with van der Waals surface area (Å²) in [5, 5.41) is 40.1. The van der Waals surface area contributed by atoms with Crippen LogP contribution < -0.4 is 43.0 Å². The van der Waals surface area contributed by atoms with Gasteiger partial charge >= 0.3 is 5.97 Å². The Bertz CT molecular complexity index is 4080. The summed E-state index contributed by atoms with van der Waals surface area (Å²) in [6.45, 7) is 3.73. The molecule has 0 saturated carbocycles. The van der Waals surface area contributed by atoms with Crippen molar-refractivity contribution < 1.29 is 66.9 Å². The van der Waals surface area contributed by atoms with Crippen LogP contribution in [0.1, 0.15) is 92.3 Å². The lowest BCUT2D eigenvalue weighted by Crippen LogP contribution is -2.62. The van der Waals surface area contributed by atoms with Gasteiger partial charge in [-0.1, -0.05) is 36.4 Å². The zero-order chi connectivity index (χ0) is 71.6. The SMILES string of the molecule is C[C@H]1NC(=O)[C@H](CCCCN)NC(=O)CCSCc2cccc(c2)CSCCNC(=O)[C@]2(C)CCCN2C(=O)[C@H](Cc2ccc(O)cc2)N(C)C(=O)[C@H](Cc2c[nH]cn2)NC(=O)[C@H](CC(=O)O)NC(=O)[C@H](Cc2c[nH]c3ccc(F)cc23)NC(=O)[C@H](Cc2c[nH]c3ccc(F)cc23)NC1=O. The van der Waals surface area contributed by atoms with Crippen LogP contribution in [0, 0.1) is 11.6 Å². The fourth-order valence-electron chi connectivity index (χ4n) is 12.4. The van der Waals surface area contributed by atoms with Gasteiger partial charge in [0.25, 0.3) is 0 Å². The van der Waals surface area contributed by atoms with Gasteiger partial charge in [-0.2, -0.15) is 23.5 Å². The van der Waals surface area contributed by atoms with Crippen LogP contribution in [0.3, 0.4) is 0 Å². The van der Waals surface area contributed by atoms with E-state index in [0.29, 0.717) is 76.4 Å². The van der Waals surface area contributed by atoms with Crippen molar-refractivity contribution in [2.24, 2.45) is 5.73 Å². The number of hydrogen-bond acceptors (Lipinski definition) is 15. The van der Waals surface area contributed by atoms with Crippen molar-refractivity contribution in [3.05, 3.63) is 155 Å². The lowest BCUT2D eigenvalue weighted by atomic mass is 9.95. The summed E-state index contributed by atoms with van der Waals surface area (Å²) in [7, 11) is 1.34. The van der Waals surface area contributed by atoms with E-state index in [9.17, 15) is 47.8 Å². The molecule has 3 aromatic heterocycles. The number of imidazole rings is 1. The Hall–Kier alpha value is -9.81. The molecule has 14 N–H and O–H groups in total. The summed E-state index contributed by atoms with van der Waals surface area (Å²) >= 11 is 3.11. The minimum atomic E-state index is -2.02. The van der Waals surface area contributed by atoms with Crippen LogP contribution >= 0.6 is 23.5 Å². The first-order valence-electron chi connectivity index (χ1n) is 33.1. The number of thioether (sulfide) groups is 2. The van der Waals surface area contributed by atoms with Crippen LogP contribution in [0.15, 0.2) is 110 Å². The molecular weight excluding hydrogens is 1330 g/mol. The van der Waals surface area contributed by atoms with Gasteiger partial charge in [-0.25, -0.2) is 13.8 Å². The Labute approximate surface area is 584 Å². The van der Waals surface area contributed by atoms with Gasteiger partial charge < -0.3 is 77.9 Å². The summed E-state index contributed by atoms with van der Waals surface area (Å²) in [5.74, 6) is -8.18. The van der Waals surface area contributed by atoms with Gasteiger partial charge in [-0.15, -0.1) is 0 Å². The van der Waals surface area contributed by atoms with E-state index in [2.05, 4.69) is 63.2 Å². The largest absolute Gasteiger partial charge is 0.508 e. The third-order valence-electron chi connectivity index (χ3n) is 17.9. The number of aromatic amines is 3. The number of rotatable bonds is 14. The smallest absolute Gasteiger partial charge is 0.305 e. The number of halogens is 2. The van der Waals surface area contributed by atoms with Gasteiger partial charge in [0.1, 0.15) is 65.2 Å². The van der Waals surface area contributed by atoms with Crippen molar-refractivity contribution in [3.8, 4) is 5.75 Å². The van der Waals surface area contributed by atoms with Crippen LogP contribution in [0.4, 0.5) is 8.78 Å².